The summed E-state index contributed by atoms with van der Waals surface area (Å²) in [5.74, 6) is 0.940. The van der Waals surface area contributed by atoms with Gasteiger partial charge in [0.25, 0.3) is 0 Å². The zero-order valence-electron chi connectivity index (χ0n) is 9.48. The minimum Gasteiger partial charge on any atom is -0.385 e. The Bertz CT molecular complexity index is 417. The normalized spacial score (nSPS) is 28.3. The molecule has 2 atom stereocenters. The van der Waals surface area contributed by atoms with E-state index in [1.54, 1.807) is 0 Å². The molecule has 0 aliphatic carbocycles. The third-order valence-corrected chi connectivity index (χ3v) is 3.82. The number of nitrogen functional groups attached to an aromatic ring is 1. The van der Waals surface area contributed by atoms with Crippen LogP contribution in [-0.2, 0) is 4.74 Å². The van der Waals surface area contributed by atoms with Crippen molar-refractivity contribution < 1.29 is 9.84 Å². The van der Waals surface area contributed by atoms with Gasteiger partial charge in [-0.05, 0) is 22.9 Å². The van der Waals surface area contributed by atoms with Crippen LogP contribution < -0.4 is 11.1 Å². The summed E-state index contributed by atoms with van der Waals surface area (Å²) in [4.78, 5) is 7.90. The van der Waals surface area contributed by atoms with Gasteiger partial charge in [-0.15, -0.1) is 0 Å². The molecule has 1 aliphatic heterocycles. The average molecular weight is 303 g/mol. The van der Waals surface area contributed by atoms with Crippen LogP contribution in [0.3, 0.4) is 0 Å². The molecular weight excluding hydrogens is 288 g/mol. The maximum Gasteiger partial charge on any atom is 0.146 e. The van der Waals surface area contributed by atoms with E-state index >= 15 is 0 Å². The van der Waals surface area contributed by atoms with Crippen LogP contribution in [0.15, 0.2) is 10.8 Å². The summed E-state index contributed by atoms with van der Waals surface area (Å²) in [6.07, 6.45) is 1.80. The number of ether oxygens (including phenoxy) is 1. The number of nitrogens with one attached hydrogen (secondary N) is 1. The zero-order valence-corrected chi connectivity index (χ0v) is 11.1. The third-order valence-electron chi connectivity index (χ3n) is 3.04. The van der Waals surface area contributed by atoms with E-state index in [9.17, 15) is 5.11 Å². The molecule has 6 nitrogen and oxygen atoms in total. The minimum absolute atomic E-state index is 0.187. The highest BCUT2D eigenvalue weighted by atomic mass is 79.9. The summed E-state index contributed by atoms with van der Waals surface area (Å²) in [5.41, 5.74) is 4.78. The lowest BCUT2D eigenvalue weighted by atomic mass is 9.97. The first-order valence-electron chi connectivity index (χ1n) is 5.37. The van der Waals surface area contributed by atoms with E-state index < -0.39 is 5.60 Å². The molecule has 0 aromatic carbocycles. The van der Waals surface area contributed by atoms with Crippen LogP contribution in [0.1, 0.15) is 13.3 Å². The summed E-state index contributed by atoms with van der Waals surface area (Å²) < 4.78 is 5.96. The highest BCUT2D eigenvalue weighted by Crippen LogP contribution is 2.28. The second-order valence-corrected chi connectivity index (χ2v) is 4.93. The van der Waals surface area contributed by atoms with E-state index in [4.69, 9.17) is 10.5 Å². The van der Waals surface area contributed by atoms with Crippen molar-refractivity contribution in [2.45, 2.75) is 25.0 Å². The fourth-order valence-electron chi connectivity index (χ4n) is 1.75. The van der Waals surface area contributed by atoms with Gasteiger partial charge in [0.05, 0.1) is 6.10 Å². The predicted molar refractivity (Wildman–Crippen MR) is 67.6 cm³/mol. The highest BCUT2D eigenvalue weighted by Gasteiger charge is 2.39. The molecule has 0 spiro atoms. The highest BCUT2D eigenvalue weighted by molar-refractivity contribution is 9.10. The van der Waals surface area contributed by atoms with Crippen molar-refractivity contribution in [2.75, 3.05) is 24.2 Å². The molecule has 1 aliphatic rings. The minimum atomic E-state index is -0.862. The van der Waals surface area contributed by atoms with Crippen LogP contribution in [0.2, 0.25) is 0 Å². The molecule has 0 bridgehead atoms. The summed E-state index contributed by atoms with van der Waals surface area (Å²) >= 11 is 3.30. The Morgan fingerprint density at radius 2 is 2.47 bits per heavy atom. The molecule has 2 unspecified atom stereocenters. The average Bonchev–Trinajstić information content (AvgIpc) is 2.62. The molecule has 0 radical (unpaired) electrons. The van der Waals surface area contributed by atoms with Crippen LogP contribution in [0, 0.1) is 0 Å². The first-order valence-corrected chi connectivity index (χ1v) is 6.16. The van der Waals surface area contributed by atoms with E-state index in [1.807, 2.05) is 6.92 Å². The van der Waals surface area contributed by atoms with Crippen LogP contribution in [0.4, 0.5) is 11.6 Å². The molecule has 1 fully saturated rings. The molecule has 94 valence electrons. The fraction of sp³-hybridized carbons (Fsp3) is 0.600. The number of halogens is 1. The molecule has 1 aromatic heterocycles. The monoisotopic (exact) mass is 302 g/mol. The number of rotatable bonds is 3. The number of hydrogen-bond acceptors (Lipinski definition) is 6. The Labute approximate surface area is 108 Å². The summed E-state index contributed by atoms with van der Waals surface area (Å²) in [5, 5.41) is 13.4. The van der Waals surface area contributed by atoms with Crippen molar-refractivity contribution in [3.63, 3.8) is 0 Å². The van der Waals surface area contributed by atoms with E-state index in [2.05, 4.69) is 31.2 Å². The predicted octanol–water partition coefficient (Wildman–Crippen LogP) is 0.773. The summed E-state index contributed by atoms with van der Waals surface area (Å²) in [6.45, 7) is 2.80. The number of aromatic nitrogens is 2. The molecule has 1 aromatic rings. The number of aliphatic hydroxyl groups is 1. The fourth-order valence-corrected chi connectivity index (χ4v) is 2.09. The van der Waals surface area contributed by atoms with E-state index in [0.717, 1.165) is 0 Å². The lowest BCUT2D eigenvalue weighted by Crippen LogP contribution is -2.43. The van der Waals surface area contributed by atoms with Gasteiger partial charge in [0, 0.05) is 19.6 Å². The van der Waals surface area contributed by atoms with E-state index in [-0.39, 0.29) is 6.10 Å². The molecule has 2 heterocycles. The van der Waals surface area contributed by atoms with Crippen LogP contribution in [-0.4, -0.2) is 39.9 Å². The Hall–Kier alpha value is -0.920. The number of hydrogen-bond donors (Lipinski definition) is 3. The topological polar surface area (TPSA) is 93.3 Å². The van der Waals surface area contributed by atoms with E-state index in [0.29, 0.717) is 35.7 Å². The molecule has 0 saturated carbocycles. The first-order chi connectivity index (χ1) is 8.03. The number of nitrogens with zero attached hydrogens (tertiary/aromatic N) is 2. The van der Waals surface area contributed by atoms with Crippen molar-refractivity contribution in [2.24, 2.45) is 0 Å². The molecular formula is C10H15BrN4O2. The third kappa shape index (κ3) is 2.51. The van der Waals surface area contributed by atoms with Gasteiger partial charge >= 0.3 is 0 Å². The largest absolute Gasteiger partial charge is 0.385 e. The van der Waals surface area contributed by atoms with Crippen molar-refractivity contribution >= 4 is 27.6 Å². The van der Waals surface area contributed by atoms with Gasteiger partial charge in [-0.25, -0.2) is 9.97 Å². The molecule has 17 heavy (non-hydrogen) atoms. The van der Waals surface area contributed by atoms with Crippen molar-refractivity contribution in [1.82, 2.24) is 9.97 Å². The van der Waals surface area contributed by atoms with Gasteiger partial charge in [0.15, 0.2) is 0 Å². The Balaban J connectivity index is 2.05. The Kier molecular flexibility index (Phi) is 3.50. The van der Waals surface area contributed by atoms with Crippen molar-refractivity contribution in [1.29, 1.82) is 0 Å². The first kappa shape index (κ1) is 12.5. The number of nitrogens with two attached hydrogens (primary N) is 1. The SMILES string of the molecule is CC1OCCC1(O)CNc1ncnc(N)c1Br. The van der Waals surface area contributed by atoms with Crippen molar-refractivity contribution in [3.05, 3.63) is 10.8 Å². The number of anilines is 2. The second kappa shape index (κ2) is 4.75. The Morgan fingerprint density at radius 3 is 3.12 bits per heavy atom. The Morgan fingerprint density at radius 1 is 1.71 bits per heavy atom. The van der Waals surface area contributed by atoms with E-state index in [1.165, 1.54) is 6.33 Å². The van der Waals surface area contributed by atoms with Gasteiger partial charge in [-0.1, -0.05) is 0 Å². The van der Waals surface area contributed by atoms with Crippen LogP contribution in [0.5, 0.6) is 0 Å². The van der Waals surface area contributed by atoms with Crippen LogP contribution in [0.25, 0.3) is 0 Å². The molecule has 1 saturated heterocycles. The summed E-state index contributed by atoms with van der Waals surface area (Å²) in [7, 11) is 0. The lowest BCUT2D eigenvalue weighted by molar-refractivity contribution is -0.0176. The van der Waals surface area contributed by atoms with Gasteiger partial charge in [0.2, 0.25) is 0 Å². The molecule has 4 N–H and O–H groups in total. The quantitative estimate of drug-likeness (QED) is 0.764. The second-order valence-electron chi connectivity index (χ2n) is 4.14. The van der Waals surface area contributed by atoms with Gasteiger partial charge in [-0.3, -0.25) is 0 Å². The zero-order chi connectivity index (χ0) is 12.5. The molecule has 7 heteroatoms. The molecule has 0 amide bonds. The van der Waals surface area contributed by atoms with Gasteiger partial charge in [-0.2, -0.15) is 0 Å². The summed E-state index contributed by atoms with van der Waals surface area (Å²) in [6, 6.07) is 0. The maximum absolute atomic E-state index is 10.3. The van der Waals surface area contributed by atoms with Gasteiger partial charge < -0.3 is 20.9 Å². The van der Waals surface area contributed by atoms with Crippen LogP contribution >= 0.6 is 15.9 Å². The lowest BCUT2D eigenvalue weighted by Gasteiger charge is -2.26. The van der Waals surface area contributed by atoms with Gasteiger partial charge in [0.1, 0.15) is 28.0 Å². The maximum atomic E-state index is 10.3. The van der Waals surface area contributed by atoms with Crippen molar-refractivity contribution in [3.8, 4) is 0 Å². The molecule has 2 rings (SSSR count). The standard InChI is InChI=1S/C10H15BrN4O2/c1-6-10(16,2-3-17-6)4-13-9-7(11)8(12)14-5-15-9/h5-6,16H,2-4H2,1H3,(H3,12,13,14,15). The smallest absolute Gasteiger partial charge is 0.146 e.